The van der Waals surface area contributed by atoms with Crippen molar-refractivity contribution in [1.82, 2.24) is 0 Å². The minimum Gasteiger partial charge on any atom is -0.494 e. The first-order valence-electron chi connectivity index (χ1n) is 7.63. The van der Waals surface area contributed by atoms with E-state index < -0.39 is 5.82 Å². The molecule has 2 aromatic carbocycles. The van der Waals surface area contributed by atoms with Crippen LogP contribution in [0, 0.1) is 12.7 Å². The van der Waals surface area contributed by atoms with E-state index in [4.69, 9.17) is 9.47 Å². The molecule has 1 unspecified atom stereocenters. The fourth-order valence-electron chi connectivity index (χ4n) is 3.19. The van der Waals surface area contributed by atoms with E-state index in [1.165, 1.54) is 13.2 Å². The Morgan fingerprint density at radius 1 is 1.22 bits per heavy atom. The number of methoxy groups -OCH3 is 1. The third-order valence-electron chi connectivity index (χ3n) is 4.30. The molecule has 0 heterocycles. The van der Waals surface area contributed by atoms with Gasteiger partial charge in [-0.15, -0.1) is 0 Å². The fraction of sp³-hybridized carbons (Fsp3) is 0.316. The normalized spacial score (nSPS) is 16.3. The van der Waals surface area contributed by atoms with Crippen LogP contribution in [0.25, 0.3) is 0 Å². The topological polar surface area (TPSA) is 35.5 Å². The van der Waals surface area contributed by atoms with E-state index in [2.05, 4.69) is 6.92 Å². The molecule has 2 aromatic rings. The summed E-state index contributed by atoms with van der Waals surface area (Å²) in [6, 6.07) is 8.50. The molecule has 0 saturated heterocycles. The summed E-state index contributed by atoms with van der Waals surface area (Å²) in [7, 11) is 1.43. The van der Waals surface area contributed by atoms with Crippen molar-refractivity contribution < 1.29 is 18.7 Å². The molecule has 0 spiro atoms. The fourth-order valence-corrected chi connectivity index (χ4v) is 3.19. The van der Waals surface area contributed by atoms with Crippen molar-refractivity contribution in [2.24, 2.45) is 0 Å². The number of carbonyl (C=O) groups is 1. The lowest BCUT2D eigenvalue weighted by molar-refractivity contribution is 0.0986. The molecular weight excluding hydrogens is 295 g/mol. The van der Waals surface area contributed by atoms with Gasteiger partial charge in [-0.3, -0.25) is 4.79 Å². The van der Waals surface area contributed by atoms with Crippen LogP contribution in [0.15, 0.2) is 30.3 Å². The Hall–Kier alpha value is -2.36. The average molecular weight is 314 g/mol. The minimum absolute atomic E-state index is 0.118. The molecule has 0 amide bonds. The van der Waals surface area contributed by atoms with Crippen molar-refractivity contribution >= 4 is 5.78 Å². The smallest absolute Gasteiger partial charge is 0.167 e. The van der Waals surface area contributed by atoms with Gasteiger partial charge >= 0.3 is 0 Å². The maximum Gasteiger partial charge on any atom is 0.167 e. The number of benzene rings is 2. The summed E-state index contributed by atoms with van der Waals surface area (Å²) in [5.74, 6) is 0.698. The van der Waals surface area contributed by atoms with E-state index in [1.807, 2.05) is 19.1 Å². The van der Waals surface area contributed by atoms with Crippen LogP contribution in [-0.4, -0.2) is 12.9 Å². The summed E-state index contributed by atoms with van der Waals surface area (Å²) in [5.41, 5.74) is 3.57. The van der Waals surface area contributed by atoms with Crippen LogP contribution in [-0.2, 0) is 6.61 Å². The first-order chi connectivity index (χ1) is 11.0. The van der Waals surface area contributed by atoms with E-state index >= 15 is 0 Å². The SMILES string of the molecule is COc1ccc(COc2ccc(C)c3c2C(=O)CC3C)cc1F. The zero-order chi connectivity index (χ0) is 16.6. The summed E-state index contributed by atoms with van der Waals surface area (Å²) in [5, 5.41) is 0. The first-order valence-corrected chi connectivity index (χ1v) is 7.63. The summed E-state index contributed by atoms with van der Waals surface area (Å²) >= 11 is 0. The third-order valence-corrected chi connectivity index (χ3v) is 4.30. The minimum atomic E-state index is -0.424. The van der Waals surface area contributed by atoms with E-state index in [-0.39, 0.29) is 24.1 Å². The maximum atomic E-state index is 13.7. The van der Waals surface area contributed by atoms with E-state index in [9.17, 15) is 9.18 Å². The highest BCUT2D eigenvalue weighted by atomic mass is 19.1. The average Bonchev–Trinajstić information content (AvgIpc) is 2.83. The van der Waals surface area contributed by atoms with Crippen LogP contribution in [0.3, 0.4) is 0 Å². The second kappa shape index (κ2) is 6.03. The molecule has 3 nitrogen and oxygen atoms in total. The van der Waals surface area contributed by atoms with Gasteiger partial charge in [-0.05, 0) is 47.7 Å². The molecule has 0 bridgehead atoms. The van der Waals surface area contributed by atoms with E-state index in [0.29, 0.717) is 23.3 Å². The first kappa shape index (κ1) is 15.5. The quantitative estimate of drug-likeness (QED) is 0.838. The van der Waals surface area contributed by atoms with Gasteiger partial charge in [-0.25, -0.2) is 4.39 Å². The molecule has 23 heavy (non-hydrogen) atoms. The predicted octanol–water partition coefficient (Wildman–Crippen LogP) is 4.41. The second-order valence-electron chi connectivity index (χ2n) is 5.96. The van der Waals surface area contributed by atoms with E-state index in [0.717, 1.165) is 11.1 Å². The Bertz CT molecular complexity index is 767. The lowest BCUT2D eigenvalue weighted by Gasteiger charge is -2.13. The van der Waals surface area contributed by atoms with Crippen LogP contribution in [0.4, 0.5) is 4.39 Å². The molecule has 3 rings (SSSR count). The number of rotatable bonds is 4. The second-order valence-corrected chi connectivity index (χ2v) is 5.96. The van der Waals surface area contributed by atoms with Crippen molar-refractivity contribution in [2.45, 2.75) is 32.8 Å². The zero-order valence-electron chi connectivity index (χ0n) is 13.5. The van der Waals surface area contributed by atoms with Crippen LogP contribution in [0.2, 0.25) is 0 Å². The molecule has 120 valence electrons. The molecule has 1 aliphatic carbocycles. The van der Waals surface area contributed by atoms with Crippen molar-refractivity contribution in [3.8, 4) is 11.5 Å². The zero-order valence-corrected chi connectivity index (χ0v) is 13.5. The number of ketones is 1. The molecule has 1 atom stereocenters. The number of halogens is 1. The van der Waals surface area contributed by atoms with Gasteiger partial charge in [0.15, 0.2) is 17.3 Å². The van der Waals surface area contributed by atoms with Crippen molar-refractivity contribution in [3.63, 3.8) is 0 Å². The Morgan fingerprint density at radius 2 is 1.96 bits per heavy atom. The Balaban J connectivity index is 1.85. The maximum absolute atomic E-state index is 13.7. The van der Waals surface area contributed by atoms with Gasteiger partial charge < -0.3 is 9.47 Å². The molecule has 0 N–H and O–H groups in total. The summed E-state index contributed by atoms with van der Waals surface area (Å²) in [6.07, 6.45) is 0.522. The van der Waals surface area contributed by atoms with Gasteiger partial charge in [-0.1, -0.05) is 19.1 Å². The van der Waals surface area contributed by atoms with Gasteiger partial charge in [0.2, 0.25) is 0 Å². The summed E-state index contributed by atoms with van der Waals surface area (Å²) < 4.78 is 24.4. The Morgan fingerprint density at radius 3 is 2.65 bits per heavy atom. The monoisotopic (exact) mass is 314 g/mol. The number of hydrogen-bond acceptors (Lipinski definition) is 3. The highest BCUT2D eigenvalue weighted by Gasteiger charge is 2.31. The highest BCUT2D eigenvalue weighted by Crippen LogP contribution is 2.40. The van der Waals surface area contributed by atoms with Gasteiger partial charge in [0.25, 0.3) is 0 Å². The summed E-state index contributed by atoms with van der Waals surface area (Å²) in [6.45, 7) is 4.27. The number of hydrogen-bond donors (Lipinski definition) is 0. The summed E-state index contributed by atoms with van der Waals surface area (Å²) in [4.78, 5) is 12.2. The molecule has 0 aliphatic heterocycles. The molecule has 4 heteroatoms. The van der Waals surface area contributed by atoms with Crippen LogP contribution in [0.5, 0.6) is 11.5 Å². The van der Waals surface area contributed by atoms with Gasteiger partial charge in [0.1, 0.15) is 12.4 Å². The number of carbonyl (C=O) groups excluding carboxylic acids is 1. The van der Waals surface area contributed by atoms with Gasteiger partial charge in [0, 0.05) is 6.42 Å². The van der Waals surface area contributed by atoms with Gasteiger partial charge in [-0.2, -0.15) is 0 Å². The van der Waals surface area contributed by atoms with Crippen molar-refractivity contribution in [2.75, 3.05) is 7.11 Å². The number of fused-ring (bicyclic) bond motifs is 1. The van der Waals surface area contributed by atoms with E-state index in [1.54, 1.807) is 12.1 Å². The predicted molar refractivity (Wildman–Crippen MR) is 85.8 cm³/mol. The molecule has 0 aromatic heterocycles. The highest BCUT2D eigenvalue weighted by molar-refractivity contribution is 6.04. The van der Waals surface area contributed by atoms with Crippen molar-refractivity contribution in [1.29, 1.82) is 0 Å². The largest absolute Gasteiger partial charge is 0.494 e. The number of Topliss-reactive ketones (excluding diaryl/α,β-unsaturated/α-hetero) is 1. The molecule has 0 radical (unpaired) electrons. The van der Waals surface area contributed by atoms with Gasteiger partial charge in [0.05, 0.1) is 12.7 Å². The number of ether oxygens (including phenoxy) is 2. The Kier molecular flexibility index (Phi) is 4.07. The lowest BCUT2D eigenvalue weighted by Crippen LogP contribution is -2.03. The molecule has 1 aliphatic rings. The molecular formula is C19H19FO3. The van der Waals surface area contributed by atoms with Crippen LogP contribution < -0.4 is 9.47 Å². The standard InChI is InChI=1S/C19H19FO3/c1-11-4-6-17(19-15(21)8-12(2)18(11)19)23-10-13-5-7-16(22-3)14(20)9-13/h4-7,9,12H,8,10H2,1-3H3. The molecule has 0 saturated carbocycles. The lowest BCUT2D eigenvalue weighted by atomic mass is 9.97. The number of aryl methyl sites for hydroxylation is 1. The Labute approximate surface area is 135 Å². The van der Waals surface area contributed by atoms with Crippen LogP contribution in [0.1, 0.15) is 46.3 Å². The molecule has 0 fully saturated rings. The van der Waals surface area contributed by atoms with Crippen molar-refractivity contribution in [3.05, 3.63) is 58.4 Å². The van der Waals surface area contributed by atoms with Crippen LogP contribution >= 0.6 is 0 Å². The third kappa shape index (κ3) is 2.81.